The van der Waals surface area contributed by atoms with Gasteiger partial charge in [0.1, 0.15) is 5.54 Å². The van der Waals surface area contributed by atoms with E-state index in [0.717, 1.165) is 38.5 Å². The van der Waals surface area contributed by atoms with Crippen molar-refractivity contribution in [2.75, 3.05) is 6.61 Å². The van der Waals surface area contributed by atoms with E-state index in [-0.39, 0.29) is 5.92 Å². The van der Waals surface area contributed by atoms with Crippen molar-refractivity contribution in [1.29, 1.82) is 0 Å². The molecule has 4 nitrogen and oxygen atoms in total. The lowest BCUT2D eigenvalue weighted by atomic mass is 9.92. The zero-order valence-electron chi connectivity index (χ0n) is 10.2. The van der Waals surface area contributed by atoms with E-state index in [9.17, 15) is 9.90 Å². The molecule has 0 heterocycles. The van der Waals surface area contributed by atoms with E-state index in [1.165, 1.54) is 6.42 Å². The van der Waals surface area contributed by atoms with Gasteiger partial charge in [-0.25, -0.2) is 0 Å². The van der Waals surface area contributed by atoms with Crippen molar-refractivity contribution >= 4 is 5.97 Å². The van der Waals surface area contributed by atoms with Crippen LogP contribution < -0.4 is 5.32 Å². The largest absolute Gasteiger partial charge is 0.480 e. The third-order valence-electron chi connectivity index (χ3n) is 4.29. The summed E-state index contributed by atoms with van der Waals surface area (Å²) in [6.07, 6.45) is 8.03. The number of nitrogens with one attached hydrogen (secondary N) is 1. The molecular formula is C13H21NO3. The first-order chi connectivity index (χ1) is 8.21. The van der Waals surface area contributed by atoms with Crippen molar-refractivity contribution in [3.63, 3.8) is 0 Å². The van der Waals surface area contributed by atoms with E-state index in [1.54, 1.807) is 0 Å². The Morgan fingerprint density at radius 2 is 1.94 bits per heavy atom. The van der Waals surface area contributed by atoms with Crippen molar-refractivity contribution in [2.24, 2.45) is 5.92 Å². The molecule has 0 aromatic rings. The minimum absolute atomic E-state index is 0.278. The fourth-order valence-corrected chi connectivity index (χ4v) is 2.53. The third kappa shape index (κ3) is 2.33. The highest BCUT2D eigenvalue weighted by Crippen LogP contribution is 2.42. The first-order valence-electron chi connectivity index (χ1n) is 6.83. The number of ether oxygens (including phenoxy) is 1. The van der Waals surface area contributed by atoms with Crippen molar-refractivity contribution in [1.82, 2.24) is 5.32 Å². The molecule has 0 amide bonds. The Hall–Kier alpha value is -0.610. The first kappa shape index (κ1) is 11.5. The van der Waals surface area contributed by atoms with Crippen LogP contribution in [0.2, 0.25) is 0 Å². The molecule has 1 unspecified atom stereocenters. The standard InChI is InChI=1S/C13H21NO3/c15-12(16)13(9-4-5-9,14-10-6-7-10)8-17-11-2-1-3-11/h9-11,14H,1-8H2,(H,15,16). The van der Waals surface area contributed by atoms with Crippen molar-refractivity contribution in [2.45, 2.75) is 62.6 Å². The summed E-state index contributed by atoms with van der Waals surface area (Å²) in [6, 6.07) is 0.414. The third-order valence-corrected chi connectivity index (χ3v) is 4.29. The van der Waals surface area contributed by atoms with Crippen LogP contribution in [0.1, 0.15) is 44.9 Å². The summed E-state index contributed by atoms with van der Waals surface area (Å²) in [6.45, 7) is 0.355. The van der Waals surface area contributed by atoms with Crippen LogP contribution in [0, 0.1) is 5.92 Å². The van der Waals surface area contributed by atoms with Crippen LogP contribution >= 0.6 is 0 Å². The van der Waals surface area contributed by atoms with Gasteiger partial charge >= 0.3 is 5.97 Å². The molecule has 0 aromatic heterocycles. The predicted octanol–water partition coefficient (Wildman–Crippen LogP) is 1.54. The SMILES string of the molecule is O=C(O)C(COC1CCC1)(NC1CC1)C1CC1. The minimum atomic E-state index is -0.795. The highest BCUT2D eigenvalue weighted by atomic mass is 16.5. The maximum absolute atomic E-state index is 11.6. The van der Waals surface area contributed by atoms with Gasteiger partial charge in [0.25, 0.3) is 0 Å². The van der Waals surface area contributed by atoms with Crippen LogP contribution in [0.5, 0.6) is 0 Å². The van der Waals surface area contributed by atoms with Crippen LogP contribution in [0.15, 0.2) is 0 Å². The molecule has 0 radical (unpaired) electrons. The molecule has 3 saturated carbocycles. The Balaban J connectivity index is 1.65. The molecule has 17 heavy (non-hydrogen) atoms. The molecule has 0 saturated heterocycles. The molecule has 3 aliphatic carbocycles. The first-order valence-corrected chi connectivity index (χ1v) is 6.83. The summed E-state index contributed by atoms with van der Waals surface area (Å²) >= 11 is 0. The lowest BCUT2D eigenvalue weighted by Crippen LogP contribution is -2.59. The van der Waals surface area contributed by atoms with Crippen LogP contribution in [-0.2, 0) is 9.53 Å². The smallest absolute Gasteiger partial charge is 0.326 e. The van der Waals surface area contributed by atoms with Gasteiger partial charge in [-0.05, 0) is 50.9 Å². The summed E-state index contributed by atoms with van der Waals surface area (Å²) < 4.78 is 5.79. The van der Waals surface area contributed by atoms with Crippen molar-refractivity contribution in [3.05, 3.63) is 0 Å². The van der Waals surface area contributed by atoms with Crippen LogP contribution in [0.4, 0.5) is 0 Å². The lowest BCUT2D eigenvalue weighted by molar-refractivity contribution is -0.151. The molecule has 3 aliphatic rings. The normalized spacial score (nSPS) is 28.5. The van der Waals surface area contributed by atoms with Crippen molar-refractivity contribution in [3.8, 4) is 0 Å². The van der Waals surface area contributed by atoms with Gasteiger partial charge in [-0.15, -0.1) is 0 Å². The summed E-state index contributed by atoms with van der Waals surface area (Å²) in [5.41, 5.74) is -0.795. The fraction of sp³-hybridized carbons (Fsp3) is 0.923. The molecule has 0 aromatic carbocycles. The number of hydrogen-bond acceptors (Lipinski definition) is 3. The van der Waals surface area contributed by atoms with Gasteiger partial charge in [-0.1, -0.05) is 0 Å². The highest BCUT2D eigenvalue weighted by Gasteiger charge is 2.53. The molecular weight excluding hydrogens is 218 g/mol. The predicted molar refractivity (Wildman–Crippen MR) is 62.8 cm³/mol. The number of rotatable bonds is 7. The minimum Gasteiger partial charge on any atom is -0.480 e. The number of aliphatic carboxylic acids is 1. The van der Waals surface area contributed by atoms with E-state index in [1.807, 2.05) is 0 Å². The number of carboxylic acids is 1. The van der Waals surface area contributed by atoms with Crippen LogP contribution in [0.3, 0.4) is 0 Å². The number of carbonyl (C=O) groups is 1. The van der Waals surface area contributed by atoms with E-state index >= 15 is 0 Å². The van der Waals surface area contributed by atoms with Gasteiger partial charge in [-0.3, -0.25) is 10.1 Å². The summed E-state index contributed by atoms with van der Waals surface area (Å²) in [5, 5.41) is 12.9. The second kappa shape index (κ2) is 4.25. The molecule has 4 heteroatoms. The van der Waals surface area contributed by atoms with Crippen LogP contribution in [0.25, 0.3) is 0 Å². The monoisotopic (exact) mass is 239 g/mol. The quantitative estimate of drug-likeness (QED) is 0.707. The average molecular weight is 239 g/mol. The van der Waals surface area contributed by atoms with Gasteiger partial charge in [-0.2, -0.15) is 0 Å². The molecule has 96 valence electrons. The molecule has 0 spiro atoms. The average Bonchev–Trinajstić information content (AvgIpc) is 3.07. The van der Waals surface area contributed by atoms with Crippen LogP contribution in [-0.4, -0.2) is 35.4 Å². The molecule has 3 fully saturated rings. The maximum atomic E-state index is 11.6. The summed E-state index contributed by atoms with van der Waals surface area (Å²) in [7, 11) is 0. The van der Waals surface area contributed by atoms with Gasteiger partial charge < -0.3 is 9.84 Å². The van der Waals surface area contributed by atoms with Gasteiger partial charge in [0.05, 0.1) is 12.7 Å². The number of carboxylic acid groups (broad SMARTS) is 1. The highest BCUT2D eigenvalue weighted by molar-refractivity contribution is 5.80. The number of hydrogen-bond donors (Lipinski definition) is 2. The molecule has 0 bridgehead atoms. The Labute approximate surface area is 102 Å². The Morgan fingerprint density at radius 3 is 2.35 bits per heavy atom. The zero-order valence-corrected chi connectivity index (χ0v) is 10.2. The summed E-state index contributed by atoms with van der Waals surface area (Å²) in [4.78, 5) is 11.6. The maximum Gasteiger partial charge on any atom is 0.326 e. The second-order valence-electron chi connectivity index (χ2n) is 5.83. The lowest BCUT2D eigenvalue weighted by Gasteiger charge is -2.34. The molecule has 3 rings (SSSR count). The molecule has 2 N–H and O–H groups in total. The Morgan fingerprint density at radius 1 is 1.24 bits per heavy atom. The van der Waals surface area contributed by atoms with E-state index in [4.69, 9.17) is 4.74 Å². The second-order valence-corrected chi connectivity index (χ2v) is 5.83. The zero-order chi connectivity index (χ0) is 11.9. The van der Waals surface area contributed by atoms with E-state index in [2.05, 4.69) is 5.32 Å². The molecule has 0 aliphatic heterocycles. The van der Waals surface area contributed by atoms with Gasteiger partial charge in [0.2, 0.25) is 0 Å². The van der Waals surface area contributed by atoms with E-state index in [0.29, 0.717) is 18.8 Å². The van der Waals surface area contributed by atoms with Gasteiger partial charge in [0, 0.05) is 6.04 Å². The summed E-state index contributed by atoms with van der Waals surface area (Å²) in [5.74, 6) is -0.438. The topological polar surface area (TPSA) is 58.6 Å². The Bertz CT molecular complexity index is 308. The molecule has 1 atom stereocenters. The Kier molecular flexibility index (Phi) is 2.87. The fourth-order valence-electron chi connectivity index (χ4n) is 2.53. The van der Waals surface area contributed by atoms with E-state index < -0.39 is 11.5 Å². The van der Waals surface area contributed by atoms with Gasteiger partial charge in [0.15, 0.2) is 0 Å². The van der Waals surface area contributed by atoms with Crippen molar-refractivity contribution < 1.29 is 14.6 Å².